The molecule has 0 spiro atoms. The van der Waals surface area contributed by atoms with E-state index in [4.69, 9.17) is 5.73 Å². The number of nitrogens with zero attached hydrogens (tertiary/aromatic N) is 2. The third-order valence-electron chi connectivity index (χ3n) is 4.08. The van der Waals surface area contributed by atoms with Gasteiger partial charge in [0.1, 0.15) is 0 Å². The van der Waals surface area contributed by atoms with Crippen LogP contribution in [0.5, 0.6) is 0 Å². The average Bonchev–Trinajstić information content (AvgIpc) is 3.11. The predicted octanol–water partition coefficient (Wildman–Crippen LogP) is 1.99. The van der Waals surface area contributed by atoms with E-state index >= 15 is 0 Å². The van der Waals surface area contributed by atoms with E-state index in [1.807, 2.05) is 0 Å². The third kappa shape index (κ3) is 2.58. The maximum absolute atomic E-state index is 12.5. The molecule has 1 amide bonds. The molecule has 1 aliphatic heterocycles. The first kappa shape index (κ1) is 13.5. The van der Waals surface area contributed by atoms with E-state index in [0.29, 0.717) is 18.4 Å². The maximum atomic E-state index is 12.5. The largest absolute Gasteiger partial charge is 0.330 e. The Balaban J connectivity index is 2.11. The van der Waals surface area contributed by atoms with Crippen LogP contribution in [0.15, 0.2) is 5.10 Å². The Morgan fingerprint density at radius 2 is 2.06 bits per heavy atom. The van der Waals surface area contributed by atoms with Crippen LogP contribution < -0.4 is 5.73 Å². The molecule has 0 aromatic carbocycles. The highest BCUT2D eigenvalue weighted by atomic mass is 16.2. The fourth-order valence-corrected chi connectivity index (χ4v) is 2.71. The van der Waals surface area contributed by atoms with Crippen LogP contribution in [0, 0.1) is 17.8 Å². The molecule has 2 rings (SSSR count). The van der Waals surface area contributed by atoms with Gasteiger partial charge in [-0.25, -0.2) is 5.01 Å². The zero-order chi connectivity index (χ0) is 13.3. The van der Waals surface area contributed by atoms with Crippen molar-refractivity contribution in [1.82, 2.24) is 5.01 Å². The Morgan fingerprint density at radius 3 is 2.56 bits per heavy atom. The molecule has 0 radical (unpaired) electrons. The molecule has 1 fully saturated rings. The molecule has 1 saturated carbocycles. The van der Waals surface area contributed by atoms with E-state index in [1.165, 1.54) is 12.8 Å². The van der Waals surface area contributed by atoms with Crippen LogP contribution in [-0.4, -0.2) is 29.2 Å². The molecular weight excluding hydrogens is 226 g/mol. The van der Waals surface area contributed by atoms with Gasteiger partial charge in [-0.3, -0.25) is 4.79 Å². The van der Waals surface area contributed by atoms with Crippen LogP contribution in [0.25, 0.3) is 0 Å². The summed E-state index contributed by atoms with van der Waals surface area (Å²) in [4.78, 5) is 12.5. The first-order valence-electron chi connectivity index (χ1n) is 7.17. The molecule has 1 heterocycles. The monoisotopic (exact) mass is 251 g/mol. The topological polar surface area (TPSA) is 58.7 Å². The molecule has 18 heavy (non-hydrogen) atoms. The first-order chi connectivity index (χ1) is 8.56. The quantitative estimate of drug-likeness (QED) is 0.785. The second kappa shape index (κ2) is 5.39. The van der Waals surface area contributed by atoms with Crippen molar-refractivity contribution in [2.24, 2.45) is 28.6 Å². The minimum atomic E-state index is -0.0188. The molecule has 4 heteroatoms. The number of hydrazone groups is 1. The Kier molecular flexibility index (Phi) is 4.05. The van der Waals surface area contributed by atoms with Crippen molar-refractivity contribution in [1.29, 1.82) is 0 Å². The van der Waals surface area contributed by atoms with Crippen LogP contribution >= 0.6 is 0 Å². The minimum Gasteiger partial charge on any atom is -0.330 e. The number of nitrogens with two attached hydrogens (primary N) is 1. The van der Waals surface area contributed by atoms with Crippen LogP contribution in [-0.2, 0) is 4.79 Å². The zero-order valence-corrected chi connectivity index (χ0v) is 11.7. The van der Waals surface area contributed by atoms with Gasteiger partial charge >= 0.3 is 0 Å². The van der Waals surface area contributed by atoms with Gasteiger partial charge in [-0.2, -0.15) is 5.10 Å². The number of carbonyl (C=O) groups excluding carboxylic acids is 1. The average molecular weight is 251 g/mol. The number of hydrogen-bond donors (Lipinski definition) is 1. The SMILES string of the molecule is CC(C)C1=NN(C(C)C2CC2)C(=O)C1CCCN. The summed E-state index contributed by atoms with van der Waals surface area (Å²) in [6, 6.07) is 0.272. The Bertz CT molecular complexity index is 347. The number of rotatable bonds is 6. The Hall–Kier alpha value is -0.900. The zero-order valence-electron chi connectivity index (χ0n) is 11.7. The number of carbonyl (C=O) groups is 1. The van der Waals surface area contributed by atoms with Crippen molar-refractivity contribution in [3.8, 4) is 0 Å². The molecule has 0 bridgehead atoms. The van der Waals surface area contributed by atoms with E-state index in [2.05, 4.69) is 25.9 Å². The Labute approximate surface area is 110 Å². The summed E-state index contributed by atoms with van der Waals surface area (Å²) in [5.74, 6) is 1.19. The highest BCUT2D eigenvalue weighted by molar-refractivity contribution is 6.08. The van der Waals surface area contributed by atoms with Gasteiger partial charge in [-0.15, -0.1) is 0 Å². The van der Waals surface area contributed by atoms with Crippen LogP contribution in [0.1, 0.15) is 46.5 Å². The molecular formula is C14H25N3O. The third-order valence-corrected chi connectivity index (χ3v) is 4.08. The Morgan fingerprint density at radius 1 is 1.39 bits per heavy atom. The van der Waals surface area contributed by atoms with Crippen molar-refractivity contribution in [2.45, 2.75) is 52.5 Å². The van der Waals surface area contributed by atoms with E-state index in [0.717, 1.165) is 18.6 Å². The van der Waals surface area contributed by atoms with Crippen molar-refractivity contribution in [3.63, 3.8) is 0 Å². The second-order valence-corrected chi connectivity index (χ2v) is 5.92. The lowest BCUT2D eigenvalue weighted by molar-refractivity contribution is -0.134. The van der Waals surface area contributed by atoms with Gasteiger partial charge in [0.15, 0.2) is 0 Å². The number of hydrogen-bond acceptors (Lipinski definition) is 3. The van der Waals surface area contributed by atoms with Gasteiger partial charge in [0, 0.05) is 0 Å². The van der Waals surface area contributed by atoms with E-state index in [1.54, 1.807) is 5.01 Å². The van der Waals surface area contributed by atoms with E-state index < -0.39 is 0 Å². The van der Waals surface area contributed by atoms with Crippen LogP contribution in [0.2, 0.25) is 0 Å². The van der Waals surface area contributed by atoms with Gasteiger partial charge in [-0.05, 0) is 51.0 Å². The highest BCUT2D eigenvalue weighted by Crippen LogP contribution is 2.38. The van der Waals surface area contributed by atoms with Crippen molar-refractivity contribution >= 4 is 11.6 Å². The summed E-state index contributed by atoms with van der Waals surface area (Å²) in [6.45, 7) is 7.01. The molecule has 0 aromatic rings. The van der Waals surface area contributed by atoms with Gasteiger partial charge in [0.25, 0.3) is 5.91 Å². The highest BCUT2D eigenvalue weighted by Gasteiger charge is 2.42. The van der Waals surface area contributed by atoms with Crippen LogP contribution in [0.4, 0.5) is 0 Å². The lowest BCUT2D eigenvalue weighted by Crippen LogP contribution is -2.36. The summed E-state index contributed by atoms with van der Waals surface area (Å²) in [6.07, 6.45) is 4.23. The molecule has 102 valence electrons. The molecule has 0 saturated heterocycles. The van der Waals surface area contributed by atoms with Crippen molar-refractivity contribution < 1.29 is 4.79 Å². The maximum Gasteiger partial charge on any atom is 0.251 e. The smallest absolute Gasteiger partial charge is 0.251 e. The fourth-order valence-electron chi connectivity index (χ4n) is 2.71. The molecule has 4 nitrogen and oxygen atoms in total. The van der Waals surface area contributed by atoms with Crippen molar-refractivity contribution in [2.75, 3.05) is 6.54 Å². The summed E-state index contributed by atoms with van der Waals surface area (Å²) in [5.41, 5.74) is 6.62. The molecule has 1 aliphatic carbocycles. The van der Waals surface area contributed by atoms with Crippen LogP contribution in [0.3, 0.4) is 0 Å². The second-order valence-electron chi connectivity index (χ2n) is 5.92. The summed E-state index contributed by atoms with van der Waals surface area (Å²) in [7, 11) is 0. The molecule has 2 aliphatic rings. The standard InChI is InChI=1S/C14H25N3O/c1-9(2)13-12(5-4-8-15)14(18)17(16-13)10(3)11-6-7-11/h9-12H,4-8,15H2,1-3H3. The molecule has 2 unspecified atom stereocenters. The van der Waals surface area contributed by atoms with Gasteiger partial charge in [-0.1, -0.05) is 13.8 Å². The fraction of sp³-hybridized carbons (Fsp3) is 0.857. The predicted molar refractivity (Wildman–Crippen MR) is 73.1 cm³/mol. The normalized spacial score (nSPS) is 25.8. The molecule has 2 N–H and O–H groups in total. The minimum absolute atomic E-state index is 0.0188. The van der Waals surface area contributed by atoms with Gasteiger partial charge < -0.3 is 5.73 Å². The molecule has 0 aromatic heterocycles. The summed E-state index contributed by atoms with van der Waals surface area (Å²) < 4.78 is 0. The van der Waals surface area contributed by atoms with Crippen molar-refractivity contribution in [3.05, 3.63) is 0 Å². The summed E-state index contributed by atoms with van der Waals surface area (Å²) in [5, 5.41) is 6.38. The van der Waals surface area contributed by atoms with E-state index in [9.17, 15) is 4.79 Å². The number of amides is 1. The lowest BCUT2D eigenvalue weighted by atomic mass is 9.90. The van der Waals surface area contributed by atoms with Gasteiger partial charge in [0.05, 0.1) is 17.7 Å². The molecule has 2 atom stereocenters. The summed E-state index contributed by atoms with van der Waals surface area (Å²) >= 11 is 0. The lowest BCUT2D eigenvalue weighted by Gasteiger charge is -2.21. The van der Waals surface area contributed by atoms with Gasteiger partial charge in [0.2, 0.25) is 0 Å². The van der Waals surface area contributed by atoms with E-state index in [-0.39, 0.29) is 17.9 Å². The first-order valence-corrected chi connectivity index (χ1v) is 7.17.